The Kier molecular flexibility index (Phi) is 41.0. The van der Waals surface area contributed by atoms with Gasteiger partial charge in [-0.05, 0) is 240 Å². The van der Waals surface area contributed by atoms with Gasteiger partial charge in [0, 0.05) is 67.1 Å². The van der Waals surface area contributed by atoms with E-state index in [0.29, 0.717) is 103 Å². The second-order valence-electron chi connectivity index (χ2n) is 36.2. The second-order valence-corrected chi connectivity index (χ2v) is 36.2. The van der Waals surface area contributed by atoms with Crippen molar-refractivity contribution in [2.75, 3.05) is 39.5 Å². The highest BCUT2D eigenvalue weighted by molar-refractivity contribution is 5.87. The molecule has 6 unspecified atom stereocenters. The van der Waals surface area contributed by atoms with Crippen LogP contribution in [0.15, 0.2) is 192 Å². The van der Waals surface area contributed by atoms with Crippen LogP contribution in [-0.2, 0) is 76.6 Å². The van der Waals surface area contributed by atoms with E-state index in [4.69, 9.17) is 34.1 Å². The number of nitrogens with zero attached hydrogens (tertiary/aromatic N) is 9. The quantitative estimate of drug-likeness (QED) is 0.00459. The fraction of sp³-hybridized carbons (Fsp3) is 0.474. The van der Waals surface area contributed by atoms with Crippen molar-refractivity contribution in [1.29, 1.82) is 5.26 Å². The first-order chi connectivity index (χ1) is 59.2. The van der Waals surface area contributed by atoms with Crippen LogP contribution < -0.4 is 20.1 Å². The van der Waals surface area contributed by atoms with Crippen LogP contribution in [0, 0.1) is 64.8 Å². The molecule has 0 bridgehead atoms. The Morgan fingerprint density at radius 3 is 1.20 bits per heavy atom. The number of esters is 3. The molecule has 3 aliphatic carbocycles. The highest BCUT2D eigenvalue weighted by atomic mass is 16.6. The number of nitriles is 1. The molecule has 0 aliphatic heterocycles. The third kappa shape index (κ3) is 39.5. The van der Waals surface area contributed by atoms with Gasteiger partial charge < -0.3 is 49.3 Å². The van der Waals surface area contributed by atoms with Crippen molar-refractivity contribution in [2.24, 2.45) is 73.2 Å². The van der Waals surface area contributed by atoms with E-state index in [2.05, 4.69) is 132 Å². The third-order valence-corrected chi connectivity index (χ3v) is 20.7. The number of amides is 2. The molecule has 0 spiro atoms. The normalized spacial score (nSPS) is 19.2. The summed E-state index contributed by atoms with van der Waals surface area (Å²) in [5.41, 5.74) is 9.54. The van der Waals surface area contributed by atoms with Crippen LogP contribution >= 0.6 is 0 Å². The number of isocyanates is 2. The van der Waals surface area contributed by atoms with Gasteiger partial charge in [0.25, 0.3) is 6.26 Å². The van der Waals surface area contributed by atoms with Crippen LogP contribution in [0.5, 0.6) is 17.2 Å². The van der Waals surface area contributed by atoms with Crippen molar-refractivity contribution in [3.63, 3.8) is 0 Å². The molecule has 0 heterocycles. The molecule has 0 aromatic heterocycles. The highest BCUT2D eigenvalue weighted by Gasteiger charge is 2.45. The van der Waals surface area contributed by atoms with E-state index in [1.165, 1.54) is 0 Å². The maximum Gasteiger partial charge on any atom is 0.412 e. The lowest BCUT2D eigenvalue weighted by Gasteiger charge is -2.46. The van der Waals surface area contributed by atoms with Crippen molar-refractivity contribution in [3.8, 4) is 23.5 Å². The van der Waals surface area contributed by atoms with Crippen molar-refractivity contribution >= 4 is 93.7 Å². The van der Waals surface area contributed by atoms with Crippen LogP contribution in [0.2, 0.25) is 0 Å². The third-order valence-electron chi connectivity index (χ3n) is 20.7. The molecule has 3 aliphatic rings. The maximum absolute atomic E-state index is 13.0. The lowest BCUT2D eigenvalue weighted by molar-refractivity contribution is -0.150. The Hall–Kier alpha value is -12.6. The fourth-order valence-corrected chi connectivity index (χ4v) is 16.3. The zero-order valence-corrected chi connectivity index (χ0v) is 75.9. The van der Waals surface area contributed by atoms with E-state index in [1.54, 1.807) is 108 Å². The number of nitrogens with one attached hydrogen (secondary N) is 2. The number of carbonyl (C=O) groups is 8. The van der Waals surface area contributed by atoms with Crippen molar-refractivity contribution in [3.05, 3.63) is 185 Å². The molecule has 126 heavy (non-hydrogen) atoms. The standard InChI is InChI=1S/C35H45N3O7.C28H34N4O4.C16H16N2O2.C12H18N2O2.C6H10O3/c1-23(2)32(41)44-17-16-43-31(40)14-15-35(7)21-28(20-34(5,6)22-35)36-33(42)45-29-13-8-24(3)30(19-29)38-37-27-11-9-26(10-12-27)18-25(4)39;1-19-6-11-24(13-25(19)32-31-22-9-7-21(8-10-22)12-20(2)34)36-26(35)30-23-14-27(3,4)16-28(5,15-23)17-29-18-33;1-11-3-8-15(20)10-16(11)18-17-14-6-4-13(5-7-14)9-12(2)19;1-11(2)4-10(16-8-13)5-12(3,6-11)7-14-9-15;1-5(2)6(8)9-4-3-7/h8-13,19,28H,1,14-18,20-22H2,2-7H3,(H,36,42);6-11,13,23H,12,14-17H2,1-5H3,(H,30,35);3-8,10,20H,9H2,1-2H3;10H,4-7H2,1-3H3;7H,1,3-4H2,2H3. The number of aliphatic hydroxyl groups excluding tert-OH is 1. The number of aliphatic imine (C=N–C) groups is 2. The number of ketones is 3. The number of aromatic hydroxyl groups is 1. The number of aliphatic hydroxyl groups is 1. The number of carbonyl (C=O) groups excluding carboxylic acids is 10. The monoisotopic (exact) mass is 1730 g/mol. The first-order valence-electron chi connectivity index (χ1n) is 41.8. The van der Waals surface area contributed by atoms with Crippen molar-refractivity contribution in [1.82, 2.24) is 10.6 Å². The number of rotatable bonds is 31. The first-order valence-corrected chi connectivity index (χ1v) is 41.8. The molecule has 9 rings (SSSR count). The van der Waals surface area contributed by atoms with Crippen LogP contribution in [0.1, 0.15) is 201 Å². The molecule has 2 amide bonds. The summed E-state index contributed by atoms with van der Waals surface area (Å²) in [7, 11) is 0. The zero-order chi connectivity index (χ0) is 93.6. The van der Waals surface area contributed by atoms with Crippen molar-refractivity contribution < 1.29 is 86.6 Å². The fourth-order valence-electron chi connectivity index (χ4n) is 16.3. The van der Waals surface area contributed by atoms with Crippen LogP contribution in [-0.4, -0.2) is 128 Å². The molecule has 29 nitrogen and oxygen atoms in total. The smallest absolute Gasteiger partial charge is 0.412 e. The van der Waals surface area contributed by atoms with Gasteiger partial charge in [-0.25, -0.2) is 38.8 Å². The lowest BCUT2D eigenvalue weighted by atomic mass is 9.61. The summed E-state index contributed by atoms with van der Waals surface area (Å²) >= 11 is 0. The van der Waals surface area contributed by atoms with E-state index >= 15 is 0 Å². The van der Waals surface area contributed by atoms with E-state index < -0.39 is 24.1 Å². The molecule has 674 valence electrons. The average molecular weight is 1730 g/mol. The molecule has 3 saturated carbocycles. The summed E-state index contributed by atoms with van der Waals surface area (Å²) in [6, 6.07) is 37.2. The number of Topliss-reactive ketones (excluding diaryl/α,β-unsaturated/α-hetero) is 3. The summed E-state index contributed by atoms with van der Waals surface area (Å²) < 4.78 is 30.9. The lowest BCUT2D eigenvalue weighted by Crippen LogP contribution is -2.48. The number of ether oxygens (including phenoxy) is 6. The Morgan fingerprint density at radius 1 is 0.460 bits per heavy atom. The van der Waals surface area contributed by atoms with Gasteiger partial charge in [0.1, 0.15) is 60.5 Å². The summed E-state index contributed by atoms with van der Waals surface area (Å²) in [5.74, 6) is -0.108. The molecule has 4 N–H and O–H groups in total. The summed E-state index contributed by atoms with van der Waals surface area (Å²) in [4.78, 5) is 122. The number of hydrogen-bond donors (Lipinski definition) is 4. The molecule has 6 atom stereocenters. The molecular weight excluding hydrogens is 1610 g/mol. The predicted octanol–water partition coefficient (Wildman–Crippen LogP) is 21.0. The van der Waals surface area contributed by atoms with Gasteiger partial charge >= 0.3 is 30.1 Å². The number of hydrogen-bond acceptors (Lipinski definition) is 27. The predicted molar refractivity (Wildman–Crippen MR) is 479 cm³/mol. The topological polar surface area (TPSA) is 413 Å². The highest BCUT2D eigenvalue weighted by Crippen LogP contribution is 2.50. The number of azo groups is 3. The zero-order valence-electron chi connectivity index (χ0n) is 75.9. The number of aryl methyl sites for hydroxylation is 3. The van der Waals surface area contributed by atoms with Crippen LogP contribution in [0.3, 0.4) is 0 Å². The minimum absolute atomic E-state index is 0.00645. The van der Waals surface area contributed by atoms with Crippen molar-refractivity contribution in [2.45, 2.75) is 226 Å². The molecular formula is C97H123N11O18. The van der Waals surface area contributed by atoms with E-state index in [0.717, 1.165) is 78.3 Å². The van der Waals surface area contributed by atoms with E-state index in [1.807, 2.05) is 93.6 Å². The van der Waals surface area contributed by atoms with Crippen LogP contribution in [0.25, 0.3) is 0 Å². The number of benzene rings is 6. The first kappa shape index (κ1) is 104. The second kappa shape index (κ2) is 49.8. The molecule has 6 aromatic carbocycles. The van der Waals surface area contributed by atoms with Gasteiger partial charge in [0.2, 0.25) is 12.2 Å². The number of phenolic OH excluding ortho intramolecular Hbond substituents is 1. The molecule has 6 aromatic rings. The van der Waals surface area contributed by atoms with Gasteiger partial charge in [0.15, 0.2) is 0 Å². The molecule has 0 saturated heterocycles. The summed E-state index contributed by atoms with van der Waals surface area (Å²) in [5, 5.41) is 57.7. The minimum atomic E-state index is -0.559. The van der Waals surface area contributed by atoms with Gasteiger partial charge in [-0.15, -0.1) is 0 Å². The van der Waals surface area contributed by atoms with E-state index in [9.17, 15) is 53.1 Å². The van der Waals surface area contributed by atoms with Gasteiger partial charge in [-0.2, -0.15) is 35.9 Å². The molecule has 0 radical (unpaired) electrons. The van der Waals surface area contributed by atoms with Gasteiger partial charge in [-0.3, -0.25) is 19.2 Å². The maximum atomic E-state index is 13.0. The Bertz CT molecular complexity index is 5000. The average Bonchev–Trinajstić information content (AvgIpc) is 0.806. The largest absolute Gasteiger partial charge is 0.508 e. The Balaban J connectivity index is 0.000000306. The summed E-state index contributed by atoms with van der Waals surface area (Å²) in [6.07, 6.45) is 13.2. The molecule has 29 heteroatoms. The summed E-state index contributed by atoms with van der Waals surface area (Å²) in [6.45, 7) is 40.3. The number of phenols is 1. The van der Waals surface area contributed by atoms with Crippen LogP contribution in [0.4, 0.5) is 43.7 Å². The minimum Gasteiger partial charge on any atom is -0.508 e. The molecule has 3 fully saturated rings. The van der Waals surface area contributed by atoms with Gasteiger partial charge in [0.05, 0.1) is 53.8 Å². The Labute approximate surface area is 739 Å². The Morgan fingerprint density at radius 2 is 0.817 bits per heavy atom. The van der Waals surface area contributed by atoms with Gasteiger partial charge in [-0.1, -0.05) is 130 Å². The SMILES string of the molecule is C=C(C)C(=O)OCCO.C=C(C)C(=O)OCCOC(=O)CCC1(C)CC(NC(=O)Oc2ccc(C)c(N=Nc3ccc(CC(C)=O)cc3)c2)CC(C)(C)C1.CC(=O)Cc1ccc(N=Nc2cc(O)ccc2C)cc1.CC(=O)Cc1ccc(N=Nc2cc(OC(=O)NC3CC(C)(C)CC(C)(CN=C=O)C3)ccc2C)cc1.CC1(C)CC(OC#N)CC(C)(CN=C=O)C1. The van der Waals surface area contributed by atoms with E-state index in [-0.39, 0.29) is 118 Å².